The molecule has 26 heavy (non-hydrogen) atoms. The maximum atomic E-state index is 12.5. The lowest BCUT2D eigenvalue weighted by Gasteiger charge is -2.27. The predicted molar refractivity (Wildman–Crippen MR) is 88.5 cm³/mol. The van der Waals surface area contributed by atoms with E-state index in [0.29, 0.717) is 25.2 Å². The van der Waals surface area contributed by atoms with Crippen LogP contribution >= 0.6 is 0 Å². The van der Waals surface area contributed by atoms with Crippen LogP contribution in [0, 0.1) is 0 Å². The monoisotopic (exact) mass is 363 g/mol. The average Bonchev–Trinajstić information content (AvgIpc) is 2.60. The molecule has 7 heteroatoms. The first-order chi connectivity index (χ1) is 12.4. The van der Waals surface area contributed by atoms with E-state index < -0.39 is 17.7 Å². The third-order valence-electron chi connectivity index (χ3n) is 3.96. The standard InChI is InChI=1S/C19H16F3NO3/c20-19(21,22)15-8-6-14(7-9-15)18(24)26-23-16-10-17(11-16)25-12-13-4-2-1-3-5-13/h1-9,17H,10-12H2. The molecule has 0 saturated heterocycles. The maximum absolute atomic E-state index is 12.5. The molecule has 1 saturated carbocycles. The largest absolute Gasteiger partial charge is 0.416 e. The Morgan fingerprint density at radius 3 is 2.31 bits per heavy atom. The summed E-state index contributed by atoms with van der Waals surface area (Å²) in [6.45, 7) is 0.504. The fourth-order valence-corrected chi connectivity index (χ4v) is 2.40. The molecule has 0 radical (unpaired) electrons. The Bertz CT molecular complexity index is 778. The third-order valence-corrected chi connectivity index (χ3v) is 3.96. The smallest absolute Gasteiger partial charge is 0.373 e. The molecule has 1 fully saturated rings. The number of carbonyl (C=O) groups is 1. The molecule has 2 aromatic rings. The van der Waals surface area contributed by atoms with Crippen molar-refractivity contribution in [3.63, 3.8) is 0 Å². The highest BCUT2D eigenvalue weighted by Gasteiger charge is 2.30. The van der Waals surface area contributed by atoms with Crippen molar-refractivity contribution >= 4 is 11.7 Å². The van der Waals surface area contributed by atoms with Gasteiger partial charge >= 0.3 is 12.1 Å². The second-order valence-corrected chi connectivity index (χ2v) is 5.94. The number of hydrogen-bond acceptors (Lipinski definition) is 4. The Labute approximate surface area is 148 Å². The zero-order valence-electron chi connectivity index (χ0n) is 13.7. The van der Waals surface area contributed by atoms with Crippen LogP contribution in [0.25, 0.3) is 0 Å². The van der Waals surface area contributed by atoms with Gasteiger partial charge in [-0.3, -0.25) is 0 Å². The number of nitrogens with zero attached hydrogens (tertiary/aromatic N) is 1. The molecular formula is C19H16F3NO3. The van der Waals surface area contributed by atoms with E-state index in [1.165, 1.54) is 0 Å². The predicted octanol–water partition coefficient (Wildman–Crippen LogP) is 4.60. The van der Waals surface area contributed by atoms with Gasteiger partial charge in [0.1, 0.15) is 0 Å². The van der Waals surface area contributed by atoms with Crippen molar-refractivity contribution in [3.8, 4) is 0 Å². The minimum Gasteiger partial charge on any atom is -0.373 e. The molecule has 0 aliphatic heterocycles. The quantitative estimate of drug-likeness (QED) is 0.576. The van der Waals surface area contributed by atoms with E-state index in [1.807, 2.05) is 30.3 Å². The fourth-order valence-electron chi connectivity index (χ4n) is 2.40. The van der Waals surface area contributed by atoms with Crippen molar-refractivity contribution in [1.29, 1.82) is 0 Å². The molecule has 0 N–H and O–H groups in total. The SMILES string of the molecule is O=C(ON=C1CC(OCc2ccccc2)C1)c1ccc(C(F)(F)F)cc1. The Morgan fingerprint density at radius 2 is 1.69 bits per heavy atom. The van der Waals surface area contributed by atoms with Crippen molar-refractivity contribution in [3.05, 3.63) is 71.3 Å². The molecule has 0 aromatic heterocycles. The summed E-state index contributed by atoms with van der Waals surface area (Å²) in [4.78, 5) is 16.6. The molecular weight excluding hydrogens is 347 g/mol. The van der Waals surface area contributed by atoms with Crippen molar-refractivity contribution in [1.82, 2.24) is 0 Å². The molecule has 0 atom stereocenters. The van der Waals surface area contributed by atoms with Crippen LogP contribution in [-0.2, 0) is 22.4 Å². The summed E-state index contributed by atoms with van der Waals surface area (Å²) in [5.74, 6) is -0.792. The van der Waals surface area contributed by atoms with Gasteiger partial charge in [-0.25, -0.2) is 4.79 Å². The molecule has 136 valence electrons. The summed E-state index contributed by atoms with van der Waals surface area (Å²) < 4.78 is 43.2. The summed E-state index contributed by atoms with van der Waals surface area (Å²) >= 11 is 0. The zero-order valence-corrected chi connectivity index (χ0v) is 13.7. The molecule has 3 rings (SSSR count). The topological polar surface area (TPSA) is 47.9 Å². The lowest BCUT2D eigenvalue weighted by Crippen LogP contribution is -2.31. The Balaban J connectivity index is 1.44. The van der Waals surface area contributed by atoms with Crippen LogP contribution in [0.15, 0.2) is 59.8 Å². The van der Waals surface area contributed by atoms with Gasteiger partial charge < -0.3 is 9.57 Å². The van der Waals surface area contributed by atoms with Gasteiger partial charge in [0.15, 0.2) is 0 Å². The van der Waals surface area contributed by atoms with Crippen LogP contribution in [0.3, 0.4) is 0 Å². The summed E-state index contributed by atoms with van der Waals surface area (Å²) in [5, 5.41) is 3.75. The van der Waals surface area contributed by atoms with Crippen LogP contribution in [-0.4, -0.2) is 17.8 Å². The molecule has 0 heterocycles. The molecule has 0 spiro atoms. The Hall–Kier alpha value is -2.67. The maximum Gasteiger partial charge on any atom is 0.416 e. The van der Waals surface area contributed by atoms with E-state index in [4.69, 9.17) is 9.57 Å². The molecule has 1 aliphatic carbocycles. The van der Waals surface area contributed by atoms with E-state index in [9.17, 15) is 18.0 Å². The van der Waals surface area contributed by atoms with Crippen LogP contribution in [0.5, 0.6) is 0 Å². The molecule has 2 aromatic carbocycles. The summed E-state index contributed by atoms with van der Waals surface area (Å²) in [5.41, 5.74) is 0.950. The second kappa shape index (κ2) is 7.70. The molecule has 0 bridgehead atoms. The van der Waals surface area contributed by atoms with E-state index in [0.717, 1.165) is 29.8 Å². The van der Waals surface area contributed by atoms with Crippen molar-refractivity contribution in [2.75, 3.05) is 0 Å². The number of halogens is 3. The van der Waals surface area contributed by atoms with Gasteiger partial charge in [-0.1, -0.05) is 35.5 Å². The number of hydrogen-bond donors (Lipinski definition) is 0. The second-order valence-electron chi connectivity index (χ2n) is 5.94. The highest BCUT2D eigenvalue weighted by Crippen LogP contribution is 2.29. The number of carbonyl (C=O) groups excluding carboxylic acids is 1. The summed E-state index contributed by atoms with van der Waals surface area (Å²) in [7, 11) is 0. The average molecular weight is 363 g/mol. The minimum absolute atomic E-state index is 0.0125. The van der Waals surface area contributed by atoms with Crippen LogP contribution in [0.1, 0.15) is 34.3 Å². The zero-order chi connectivity index (χ0) is 18.6. The van der Waals surface area contributed by atoms with Crippen molar-refractivity contribution < 1.29 is 27.5 Å². The Kier molecular flexibility index (Phi) is 5.37. The van der Waals surface area contributed by atoms with E-state index in [2.05, 4.69) is 5.16 Å². The van der Waals surface area contributed by atoms with Gasteiger partial charge in [0.25, 0.3) is 0 Å². The van der Waals surface area contributed by atoms with Gasteiger partial charge in [0.2, 0.25) is 0 Å². The third kappa shape index (κ3) is 4.70. The lowest BCUT2D eigenvalue weighted by atomic mass is 9.93. The first kappa shape index (κ1) is 18.1. The van der Waals surface area contributed by atoms with Gasteiger partial charge in [-0.05, 0) is 29.8 Å². The molecule has 4 nitrogen and oxygen atoms in total. The first-order valence-electron chi connectivity index (χ1n) is 8.01. The number of benzene rings is 2. The lowest BCUT2D eigenvalue weighted by molar-refractivity contribution is -0.137. The highest BCUT2D eigenvalue weighted by molar-refractivity contribution is 5.93. The molecule has 0 amide bonds. The normalized spacial score (nSPS) is 16.7. The van der Waals surface area contributed by atoms with Gasteiger partial charge in [-0.2, -0.15) is 13.2 Å². The number of alkyl halides is 3. The number of oxime groups is 1. The van der Waals surface area contributed by atoms with Gasteiger partial charge in [0.05, 0.1) is 29.5 Å². The van der Waals surface area contributed by atoms with Crippen LogP contribution in [0.2, 0.25) is 0 Å². The van der Waals surface area contributed by atoms with Gasteiger partial charge in [0, 0.05) is 12.8 Å². The van der Waals surface area contributed by atoms with Crippen molar-refractivity contribution in [2.45, 2.75) is 31.7 Å². The molecule has 1 aliphatic rings. The van der Waals surface area contributed by atoms with E-state index >= 15 is 0 Å². The van der Waals surface area contributed by atoms with E-state index in [-0.39, 0.29) is 11.7 Å². The fraction of sp³-hybridized carbons (Fsp3) is 0.263. The molecule has 0 unspecified atom stereocenters. The highest BCUT2D eigenvalue weighted by atomic mass is 19.4. The number of ether oxygens (including phenoxy) is 1. The number of rotatable bonds is 5. The summed E-state index contributed by atoms with van der Waals surface area (Å²) in [6.07, 6.45) is -3.29. The minimum atomic E-state index is -4.44. The Morgan fingerprint density at radius 1 is 1.04 bits per heavy atom. The van der Waals surface area contributed by atoms with E-state index in [1.54, 1.807) is 0 Å². The van der Waals surface area contributed by atoms with Crippen LogP contribution in [0.4, 0.5) is 13.2 Å². The summed E-state index contributed by atoms with van der Waals surface area (Å²) in [6, 6.07) is 13.6. The first-order valence-corrected chi connectivity index (χ1v) is 8.01. The van der Waals surface area contributed by atoms with Crippen molar-refractivity contribution in [2.24, 2.45) is 5.16 Å². The van der Waals surface area contributed by atoms with Crippen LogP contribution < -0.4 is 0 Å². The van der Waals surface area contributed by atoms with Gasteiger partial charge in [-0.15, -0.1) is 0 Å².